The van der Waals surface area contributed by atoms with Crippen LogP contribution >= 0.6 is 0 Å². The Hall–Kier alpha value is -0.120. The SMILES string of the molecule is OCCC1CN1CO. The molecule has 3 nitrogen and oxygen atoms in total. The molecule has 0 aromatic rings. The molecule has 1 rings (SSSR count). The summed E-state index contributed by atoms with van der Waals surface area (Å²) >= 11 is 0. The molecule has 0 aliphatic carbocycles. The Bertz CT molecular complexity index is 76.8. The molecule has 2 atom stereocenters. The Morgan fingerprint density at radius 2 is 2.25 bits per heavy atom. The molecule has 0 aromatic carbocycles. The van der Waals surface area contributed by atoms with E-state index >= 15 is 0 Å². The third-order valence-electron chi connectivity index (χ3n) is 1.47. The third kappa shape index (κ3) is 1.18. The second kappa shape index (κ2) is 2.44. The van der Waals surface area contributed by atoms with Gasteiger partial charge in [0, 0.05) is 19.2 Å². The fourth-order valence-corrected chi connectivity index (χ4v) is 0.820. The Balaban J connectivity index is 1.99. The van der Waals surface area contributed by atoms with Crippen molar-refractivity contribution >= 4 is 0 Å². The largest absolute Gasteiger partial charge is 0.396 e. The molecular formula is C5H11NO2. The van der Waals surface area contributed by atoms with Crippen LogP contribution in [0, 0.1) is 0 Å². The zero-order valence-corrected chi connectivity index (χ0v) is 4.75. The zero-order valence-electron chi connectivity index (χ0n) is 4.75. The normalized spacial score (nSPS) is 35.2. The van der Waals surface area contributed by atoms with Crippen LogP contribution in [0.25, 0.3) is 0 Å². The second-order valence-electron chi connectivity index (χ2n) is 2.08. The molecule has 1 aliphatic heterocycles. The first-order valence-corrected chi connectivity index (χ1v) is 2.84. The van der Waals surface area contributed by atoms with Crippen molar-refractivity contribution in [3.8, 4) is 0 Å². The molecule has 2 N–H and O–H groups in total. The standard InChI is InChI=1S/C5H11NO2/c7-2-1-5-3-6(5)4-8/h5,7-8H,1-4H2. The van der Waals surface area contributed by atoms with Crippen LogP contribution in [-0.2, 0) is 0 Å². The predicted octanol–water partition coefficient (Wildman–Crippen LogP) is -0.997. The van der Waals surface area contributed by atoms with Crippen molar-refractivity contribution in [1.29, 1.82) is 0 Å². The van der Waals surface area contributed by atoms with Crippen LogP contribution in [0.15, 0.2) is 0 Å². The van der Waals surface area contributed by atoms with Crippen LogP contribution in [-0.4, -0.2) is 41.0 Å². The van der Waals surface area contributed by atoms with E-state index in [9.17, 15) is 0 Å². The minimum Gasteiger partial charge on any atom is -0.396 e. The monoisotopic (exact) mass is 117 g/mol. The Kier molecular flexibility index (Phi) is 1.83. The van der Waals surface area contributed by atoms with Gasteiger partial charge in [0.25, 0.3) is 0 Å². The van der Waals surface area contributed by atoms with E-state index in [0.29, 0.717) is 6.04 Å². The second-order valence-corrected chi connectivity index (χ2v) is 2.08. The maximum Gasteiger partial charge on any atom is 0.0959 e. The van der Waals surface area contributed by atoms with E-state index in [1.165, 1.54) is 0 Å². The molecule has 1 fully saturated rings. The Morgan fingerprint density at radius 3 is 2.62 bits per heavy atom. The molecular weight excluding hydrogens is 106 g/mol. The van der Waals surface area contributed by atoms with Gasteiger partial charge in [-0.3, -0.25) is 4.90 Å². The third-order valence-corrected chi connectivity index (χ3v) is 1.47. The van der Waals surface area contributed by atoms with Gasteiger partial charge >= 0.3 is 0 Å². The van der Waals surface area contributed by atoms with Crippen LogP contribution in [0.5, 0.6) is 0 Å². The molecule has 0 radical (unpaired) electrons. The maximum atomic E-state index is 8.45. The highest BCUT2D eigenvalue weighted by molar-refractivity contribution is 4.85. The lowest BCUT2D eigenvalue weighted by atomic mass is 10.3. The molecule has 1 saturated heterocycles. The van der Waals surface area contributed by atoms with Crippen molar-refractivity contribution in [3.63, 3.8) is 0 Å². The number of aliphatic hydroxyl groups excluding tert-OH is 2. The molecule has 0 bridgehead atoms. The van der Waals surface area contributed by atoms with Crippen molar-refractivity contribution in [3.05, 3.63) is 0 Å². The van der Waals surface area contributed by atoms with Crippen molar-refractivity contribution in [2.75, 3.05) is 19.9 Å². The van der Waals surface area contributed by atoms with Gasteiger partial charge in [0.15, 0.2) is 0 Å². The van der Waals surface area contributed by atoms with E-state index in [2.05, 4.69) is 0 Å². The van der Waals surface area contributed by atoms with E-state index in [0.717, 1.165) is 13.0 Å². The van der Waals surface area contributed by atoms with Crippen LogP contribution in [0.1, 0.15) is 6.42 Å². The minimum atomic E-state index is 0.144. The molecule has 2 unspecified atom stereocenters. The highest BCUT2D eigenvalue weighted by Crippen LogP contribution is 2.17. The Labute approximate surface area is 48.5 Å². The zero-order chi connectivity index (χ0) is 5.98. The predicted molar refractivity (Wildman–Crippen MR) is 29.3 cm³/mol. The molecule has 0 spiro atoms. The van der Waals surface area contributed by atoms with Crippen LogP contribution in [0.4, 0.5) is 0 Å². The first-order valence-electron chi connectivity index (χ1n) is 2.84. The van der Waals surface area contributed by atoms with Gasteiger partial charge in [-0.15, -0.1) is 0 Å². The number of hydrogen-bond acceptors (Lipinski definition) is 3. The van der Waals surface area contributed by atoms with Gasteiger partial charge in [0.2, 0.25) is 0 Å². The average molecular weight is 117 g/mol. The average Bonchev–Trinajstić information content (AvgIpc) is 2.48. The smallest absolute Gasteiger partial charge is 0.0959 e. The van der Waals surface area contributed by atoms with Crippen molar-refractivity contribution < 1.29 is 10.2 Å². The summed E-state index contributed by atoms with van der Waals surface area (Å²) in [6.07, 6.45) is 0.806. The van der Waals surface area contributed by atoms with Gasteiger partial charge in [-0.05, 0) is 6.42 Å². The van der Waals surface area contributed by atoms with Gasteiger partial charge in [0.1, 0.15) is 0 Å². The van der Waals surface area contributed by atoms with E-state index in [1.807, 2.05) is 4.90 Å². The number of aliphatic hydroxyl groups is 2. The Morgan fingerprint density at radius 1 is 1.50 bits per heavy atom. The molecule has 3 heteroatoms. The molecule has 48 valence electrons. The molecule has 0 aromatic heterocycles. The minimum absolute atomic E-state index is 0.144. The van der Waals surface area contributed by atoms with E-state index in [4.69, 9.17) is 10.2 Å². The fourth-order valence-electron chi connectivity index (χ4n) is 0.820. The fraction of sp³-hybridized carbons (Fsp3) is 1.00. The molecule has 0 saturated carbocycles. The van der Waals surface area contributed by atoms with E-state index < -0.39 is 0 Å². The van der Waals surface area contributed by atoms with Gasteiger partial charge in [-0.25, -0.2) is 0 Å². The highest BCUT2D eigenvalue weighted by atomic mass is 16.3. The summed E-state index contributed by atoms with van der Waals surface area (Å²) in [5.74, 6) is 0. The van der Waals surface area contributed by atoms with Crippen LogP contribution in [0.3, 0.4) is 0 Å². The first-order chi connectivity index (χ1) is 3.88. The lowest BCUT2D eigenvalue weighted by molar-refractivity contribution is 0.186. The molecule has 1 heterocycles. The van der Waals surface area contributed by atoms with E-state index in [1.54, 1.807) is 0 Å². The van der Waals surface area contributed by atoms with E-state index in [-0.39, 0.29) is 13.3 Å². The highest BCUT2D eigenvalue weighted by Gasteiger charge is 2.31. The first kappa shape index (κ1) is 6.01. The van der Waals surface area contributed by atoms with Gasteiger partial charge in [0.05, 0.1) is 6.73 Å². The quantitative estimate of drug-likeness (QED) is 0.466. The van der Waals surface area contributed by atoms with Crippen LogP contribution in [0.2, 0.25) is 0 Å². The van der Waals surface area contributed by atoms with Crippen LogP contribution < -0.4 is 0 Å². The van der Waals surface area contributed by atoms with Crippen molar-refractivity contribution in [2.45, 2.75) is 12.5 Å². The summed E-state index contributed by atoms with van der Waals surface area (Å²) in [4.78, 5) is 1.90. The molecule has 1 aliphatic rings. The topological polar surface area (TPSA) is 43.5 Å². The van der Waals surface area contributed by atoms with Gasteiger partial charge in [-0.2, -0.15) is 0 Å². The van der Waals surface area contributed by atoms with Crippen molar-refractivity contribution in [1.82, 2.24) is 4.90 Å². The van der Waals surface area contributed by atoms with Crippen molar-refractivity contribution in [2.24, 2.45) is 0 Å². The summed E-state index contributed by atoms with van der Waals surface area (Å²) in [5, 5.41) is 16.8. The summed E-state index contributed by atoms with van der Waals surface area (Å²) in [7, 11) is 0. The number of rotatable bonds is 3. The number of nitrogens with zero attached hydrogens (tertiary/aromatic N) is 1. The van der Waals surface area contributed by atoms with Gasteiger partial charge in [-0.1, -0.05) is 0 Å². The summed E-state index contributed by atoms with van der Waals surface area (Å²) in [6.45, 7) is 1.34. The lowest BCUT2D eigenvalue weighted by Gasteiger charge is -1.93. The molecule has 8 heavy (non-hydrogen) atoms. The number of hydrogen-bond donors (Lipinski definition) is 2. The summed E-state index contributed by atoms with van der Waals surface area (Å²) in [5.41, 5.74) is 0. The summed E-state index contributed by atoms with van der Waals surface area (Å²) < 4.78 is 0. The van der Waals surface area contributed by atoms with Gasteiger partial charge < -0.3 is 10.2 Å². The maximum absolute atomic E-state index is 8.45. The lowest BCUT2D eigenvalue weighted by Crippen LogP contribution is -2.03. The molecule has 0 amide bonds. The summed E-state index contributed by atoms with van der Waals surface area (Å²) in [6, 6.07) is 0.463.